The Labute approximate surface area is 111 Å². The summed E-state index contributed by atoms with van der Waals surface area (Å²) >= 11 is 3.20. The monoisotopic (exact) mass is 301 g/mol. The fourth-order valence-electron chi connectivity index (χ4n) is 1.70. The van der Waals surface area contributed by atoms with Gasteiger partial charge in [-0.05, 0) is 34.1 Å². The molecule has 0 aliphatic rings. The van der Waals surface area contributed by atoms with Gasteiger partial charge in [-0.25, -0.2) is 4.98 Å². The van der Waals surface area contributed by atoms with E-state index in [-0.39, 0.29) is 5.56 Å². The molecule has 0 saturated carbocycles. The molecule has 0 aliphatic carbocycles. The Hall–Kier alpha value is -2.01. The van der Waals surface area contributed by atoms with Crippen LogP contribution in [0.5, 0.6) is 0 Å². The molecule has 4 nitrogen and oxygen atoms in total. The van der Waals surface area contributed by atoms with Gasteiger partial charge in [0.1, 0.15) is 0 Å². The van der Waals surface area contributed by atoms with Crippen LogP contribution in [0.2, 0.25) is 0 Å². The molecule has 0 radical (unpaired) electrons. The van der Waals surface area contributed by atoms with Crippen LogP contribution in [-0.4, -0.2) is 15.0 Å². The van der Waals surface area contributed by atoms with Crippen molar-refractivity contribution in [2.75, 3.05) is 0 Å². The van der Waals surface area contributed by atoms with Gasteiger partial charge in [0, 0.05) is 11.8 Å². The molecule has 88 valence electrons. The second-order valence-electron chi connectivity index (χ2n) is 3.81. The number of H-pyrrole nitrogens is 1. The van der Waals surface area contributed by atoms with Crippen molar-refractivity contribution < 1.29 is 0 Å². The van der Waals surface area contributed by atoms with Crippen LogP contribution in [0.15, 0.2) is 52.0 Å². The summed E-state index contributed by atoms with van der Waals surface area (Å²) in [5.74, 6) is 0. The summed E-state index contributed by atoms with van der Waals surface area (Å²) in [4.78, 5) is 22.8. The maximum absolute atomic E-state index is 11.3. The van der Waals surface area contributed by atoms with Crippen molar-refractivity contribution in [2.24, 2.45) is 0 Å². The highest BCUT2D eigenvalue weighted by Crippen LogP contribution is 2.19. The van der Waals surface area contributed by atoms with Gasteiger partial charge < -0.3 is 4.98 Å². The highest BCUT2D eigenvalue weighted by atomic mass is 79.9. The molecule has 0 spiro atoms. The number of aromatic amines is 1. The number of para-hydroxylation sites is 2. The van der Waals surface area contributed by atoms with Gasteiger partial charge in [-0.2, -0.15) is 0 Å². The predicted octanol–water partition coefficient (Wildman–Crippen LogP) is 2.75. The van der Waals surface area contributed by atoms with Crippen molar-refractivity contribution in [3.8, 4) is 11.3 Å². The number of nitrogens with one attached hydrogen (secondary N) is 1. The smallest absolute Gasteiger partial charge is 0.262 e. The summed E-state index contributed by atoms with van der Waals surface area (Å²) in [5.41, 5.74) is 3.07. The first-order valence-corrected chi connectivity index (χ1v) is 6.14. The zero-order valence-corrected chi connectivity index (χ0v) is 10.8. The summed E-state index contributed by atoms with van der Waals surface area (Å²) in [7, 11) is 0. The molecule has 5 heteroatoms. The number of nitrogens with zero attached hydrogens (tertiary/aromatic N) is 2. The molecule has 1 aromatic carbocycles. The van der Waals surface area contributed by atoms with E-state index >= 15 is 0 Å². The highest BCUT2D eigenvalue weighted by molar-refractivity contribution is 9.10. The van der Waals surface area contributed by atoms with Crippen molar-refractivity contribution in [1.82, 2.24) is 15.0 Å². The van der Waals surface area contributed by atoms with Crippen LogP contribution in [-0.2, 0) is 0 Å². The number of benzene rings is 1. The molecular formula is C13H8BrN3O. The molecule has 0 atom stereocenters. The standard InChI is InChI=1S/C13H8BrN3O/c14-9-5-8(6-16-13(9)18)12-7-15-10-3-1-2-4-11(10)17-12/h1-7H,(H,16,18). The number of fused-ring (bicyclic) bond motifs is 1. The SMILES string of the molecule is O=c1[nH]cc(-c2cnc3ccccc3n2)cc1Br. The van der Waals surface area contributed by atoms with E-state index in [1.807, 2.05) is 24.3 Å². The second-order valence-corrected chi connectivity index (χ2v) is 4.66. The maximum Gasteiger partial charge on any atom is 0.262 e. The van der Waals surface area contributed by atoms with Gasteiger partial charge in [-0.1, -0.05) is 12.1 Å². The molecule has 0 bridgehead atoms. The van der Waals surface area contributed by atoms with E-state index in [0.29, 0.717) is 4.47 Å². The first-order chi connectivity index (χ1) is 8.74. The molecule has 3 rings (SSSR count). The third-order valence-electron chi connectivity index (χ3n) is 2.60. The molecule has 2 aromatic heterocycles. The largest absolute Gasteiger partial charge is 0.327 e. The molecule has 0 fully saturated rings. The zero-order chi connectivity index (χ0) is 12.5. The Bertz CT molecular complexity index is 782. The van der Waals surface area contributed by atoms with Gasteiger partial charge in [0.15, 0.2) is 0 Å². The van der Waals surface area contributed by atoms with Crippen LogP contribution in [0.1, 0.15) is 0 Å². The van der Waals surface area contributed by atoms with Crippen LogP contribution in [0.3, 0.4) is 0 Å². The summed E-state index contributed by atoms with van der Waals surface area (Å²) < 4.78 is 0.481. The second kappa shape index (κ2) is 4.34. The number of hydrogen-bond acceptors (Lipinski definition) is 3. The molecule has 1 N–H and O–H groups in total. The normalized spacial score (nSPS) is 10.7. The van der Waals surface area contributed by atoms with E-state index in [2.05, 4.69) is 30.9 Å². The third kappa shape index (κ3) is 1.93. The summed E-state index contributed by atoms with van der Waals surface area (Å²) in [5, 5.41) is 0. The average molecular weight is 302 g/mol. The van der Waals surface area contributed by atoms with Gasteiger partial charge >= 0.3 is 0 Å². The highest BCUT2D eigenvalue weighted by Gasteiger charge is 2.04. The number of pyridine rings is 1. The molecule has 0 amide bonds. The third-order valence-corrected chi connectivity index (χ3v) is 3.19. The van der Waals surface area contributed by atoms with Crippen molar-refractivity contribution in [2.45, 2.75) is 0 Å². The summed E-state index contributed by atoms with van der Waals surface area (Å²) in [6.45, 7) is 0. The molecule has 0 aliphatic heterocycles. The van der Waals surface area contributed by atoms with Crippen LogP contribution >= 0.6 is 15.9 Å². The van der Waals surface area contributed by atoms with Crippen LogP contribution in [0.4, 0.5) is 0 Å². The maximum atomic E-state index is 11.3. The van der Waals surface area contributed by atoms with E-state index < -0.39 is 0 Å². The van der Waals surface area contributed by atoms with E-state index in [0.717, 1.165) is 22.3 Å². The molecule has 0 saturated heterocycles. The summed E-state index contributed by atoms with van der Waals surface area (Å²) in [6.07, 6.45) is 3.33. The van der Waals surface area contributed by atoms with Gasteiger partial charge in [-0.3, -0.25) is 9.78 Å². The van der Waals surface area contributed by atoms with E-state index in [1.165, 1.54) is 0 Å². The van der Waals surface area contributed by atoms with Gasteiger partial charge in [0.2, 0.25) is 0 Å². The Morgan fingerprint density at radius 3 is 2.72 bits per heavy atom. The number of halogens is 1. The van der Waals surface area contributed by atoms with Crippen molar-refractivity contribution in [3.05, 3.63) is 57.6 Å². The van der Waals surface area contributed by atoms with E-state index in [9.17, 15) is 4.79 Å². The lowest BCUT2D eigenvalue weighted by molar-refractivity contribution is 1.20. The number of rotatable bonds is 1. The lowest BCUT2D eigenvalue weighted by Gasteiger charge is -2.02. The van der Waals surface area contributed by atoms with Crippen LogP contribution in [0.25, 0.3) is 22.3 Å². The lowest BCUT2D eigenvalue weighted by Crippen LogP contribution is -2.05. The van der Waals surface area contributed by atoms with Crippen molar-refractivity contribution in [3.63, 3.8) is 0 Å². The Balaban J connectivity index is 2.19. The zero-order valence-electron chi connectivity index (χ0n) is 9.22. The van der Waals surface area contributed by atoms with Crippen molar-refractivity contribution in [1.29, 1.82) is 0 Å². The molecule has 2 heterocycles. The minimum absolute atomic E-state index is 0.160. The van der Waals surface area contributed by atoms with E-state index in [1.54, 1.807) is 18.5 Å². The minimum Gasteiger partial charge on any atom is -0.327 e. The fraction of sp³-hybridized carbons (Fsp3) is 0. The molecular weight excluding hydrogens is 294 g/mol. The first kappa shape index (κ1) is 11.1. The number of hydrogen-bond donors (Lipinski definition) is 1. The molecule has 18 heavy (non-hydrogen) atoms. The van der Waals surface area contributed by atoms with Crippen LogP contribution in [0, 0.1) is 0 Å². The fourth-order valence-corrected chi connectivity index (χ4v) is 2.06. The molecule has 3 aromatic rings. The summed E-state index contributed by atoms with van der Waals surface area (Å²) in [6, 6.07) is 9.40. The number of aromatic nitrogens is 3. The van der Waals surface area contributed by atoms with Gasteiger partial charge in [0.05, 0.1) is 27.4 Å². The lowest BCUT2D eigenvalue weighted by atomic mass is 10.2. The van der Waals surface area contributed by atoms with Gasteiger partial charge in [-0.15, -0.1) is 0 Å². The Morgan fingerprint density at radius 1 is 1.17 bits per heavy atom. The Kier molecular flexibility index (Phi) is 2.68. The van der Waals surface area contributed by atoms with Gasteiger partial charge in [0.25, 0.3) is 5.56 Å². The topological polar surface area (TPSA) is 58.6 Å². The predicted molar refractivity (Wildman–Crippen MR) is 73.3 cm³/mol. The van der Waals surface area contributed by atoms with Crippen LogP contribution < -0.4 is 5.56 Å². The Morgan fingerprint density at radius 2 is 1.94 bits per heavy atom. The van der Waals surface area contributed by atoms with Crippen molar-refractivity contribution >= 4 is 27.0 Å². The van der Waals surface area contributed by atoms with E-state index in [4.69, 9.17) is 0 Å². The molecule has 0 unspecified atom stereocenters. The quantitative estimate of drug-likeness (QED) is 0.752. The average Bonchev–Trinajstić information content (AvgIpc) is 2.41. The minimum atomic E-state index is -0.160. The first-order valence-electron chi connectivity index (χ1n) is 5.34.